The molecule has 2 aromatic heterocycles. The molecular formula is C23H30N6O9. The Labute approximate surface area is 216 Å². The van der Waals surface area contributed by atoms with Gasteiger partial charge in [-0.25, -0.2) is 15.0 Å². The maximum Gasteiger partial charge on any atom is 0.229 e. The molecule has 0 aliphatic carbocycles. The van der Waals surface area contributed by atoms with Crippen molar-refractivity contribution in [3.63, 3.8) is 0 Å². The predicted molar refractivity (Wildman–Crippen MR) is 128 cm³/mol. The molecule has 2 fully saturated rings. The first-order valence-corrected chi connectivity index (χ1v) is 12.0. The molecule has 4 heterocycles. The number of aromatic nitrogens is 4. The molecule has 2 aliphatic heterocycles. The molecule has 9 N–H and O–H groups in total. The number of benzene rings is 1. The second kappa shape index (κ2) is 11.0. The van der Waals surface area contributed by atoms with Crippen molar-refractivity contribution in [3.8, 4) is 5.75 Å². The van der Waals surface area contributed by atoms with Crippen LogP contribution in [0.25, 0.3) is 11.2 Å². The van der Waals surface area contributed by atoms with Crippen molar-refractivity contribution in [1.29, 1.82) is 0 Å². The number of anilines is 1. The number of fused-ring (bicyclic) bond motifs is 1. The number of rotatable bonds is 8. The first-order chi connectivity index (χ1) is 18.3. The highest BCUT2D eigenvalue weighted by atomic mass is 16.7. The smallest absolute Gasteiger partial charge is 0.229 e. The molecule has 0 radical (unpaired) electrons. The van der Waals surface area contributed by atoms with Gasteiger partial charge < -0.3 is 55.9 Å². The van der Waals surface area contributed by atoms with Crippen LogP contribution < -0.4 is 15.8 Å². The molecule has 0 amide bonds. The Balaban J connectivity index is 1.22. The van der Waals surface area contributed by atoms with Gasteiger partial charge in [0.05, 0.1) is 12.9 Å². The summed E-state index contributed by atoms with van der Waals surface area (Å²) in [6, 6.07) is 6.88. The van der Waals surface area contributed by atoms with E-state index in [0.29, 0.717) is 22.5 Å². The largest absolute Gasteiger partial charge is 0.462 e. The molecule has 15 nitrogen and oxygen atoms in total. The molecule has 0 bridgehead atoms. The number of aliphatic hydroxyl groups is 6. The molecule has 2 saturated heterocycles. The molecule has 0 saturated carbocycles. The third-order valence-corrected chi connectivity index (χ3v) is 6.72. The molecule has 0 spiro atoms. The molecular weight excluding hydrogens is 504 g/mol. The van der Waals surface area contributed by atoms with Crippen LogP contribution in [0.2, 0.25) is 0 Å². The number of hydrogen-bond acceptors (Lipinski definition) is 14. The minimum Gasteiger partial charge on any atom is -0.462 e. The zero-order valence-electron chi connectivity index (χ0n) is 20.1. The summed E-state index contributed by atoms with van der Waals surface area (Å²) in [5, 5.41) is 64.1. The van der Waals surface area contributed by atoms with Crippen LogP contribution in [0.1, 0.15) is 11.8 Å². The first-order valence-electron chi connectivity index (χ1n) is 12.0. The van der Waals surface area contributed by atoms with Crippen LogP contribution in [0, 0.1) is 0 Å². The Kier molecular flexibility index (Phi) is 7.71. The van der Waals surface area contributed by atoms with Crippen LogP contribution in [-0.4, -0.2) is 112 Å². The van der Waals surface area contributed by atoms with Crippen molar-refractivity contribution in [2.75, 3.05) is 18.9 Å². The fourth-order valence-corrected chi connectivity index (χ4v) is 4.59. The minimum absolute atomic E-state index is 0.160. The lowest BCUT2D eigenvalue weighted by molar-refractivity contribution is -0.277. The van der Waals surface area contributed by atoms with E-state index in [9.17, 15) is 30.6 Å². The second-order valence-corrected chi connectivity index (χ2v) is 9.18. The van der Waals surface area contributed by atoms with Gasteiger partial charge in [0.25, 0.3) is 0 Å². The van der Waals surface area contributed by atoms with Gasteiger partial charge >= 0.3 is 0 Å². The van der Waals surface area contributed by atoms with Crippen molar-refractivity contribution in [2.24, 2.45) is 0 Å². The molecule has 2 aliphatic rings. The summed E-state index contributed by atoms with van der Waals surface area (Å²) in [6.07, 6.45) is -8.51. The first kappa shape index (κ1) is 26.6. The normalized spacial score (nSPS) is 33.6. The quantitative estimate of drug-likeness (QED) is 0.144. The van der Waals surface area contributed by atoms with Crippen LogP contribution in [0.3, 0.4) is 0 Å². The Morgan fingerprint density at radius 2 is 1.68 bits per heavy atom. The standard InChI is InChI=1S/C23H30N6O9/c24-20-14-21(27-8-26-20)29(9-28-14)22-18(34)15(31)12(36-22)6-25-5-10-3-1-2-4-11(10)37-23-19(35)17(33)16(32)13(7-30)38-23/h1-4,8-9,12-13,15-19,22-23,25,30-35H,5-7H2,(H2,24,26,27)/t12-,13-,15-,16-,17+,18-,19-,22-,23-/m1/s1. The molecule has 5 rings (SSSR count). The average Bonchev–Trinajstić information content (AvgIpc) is 3.47. The lowest BCUT2D eigenvalue weighted by Crippen LogP contribution is -2.60. The maximum absolute atomic E-state index is 10.6. The van der Waals surface area contributed by atoms with Crippen molar-refractivity contribution in [1.82, 2.24) is 24.8 Å². The van der Waals surface area contributed by atoms with E-state index >= 15 is 0 Å². The lowest BCUT2D eigenvalue weighted by atomic mass is 9.99. The summed E-state index contributed by atoms with van der Waals surface area (Å²) in [7, 11) is 0. The number of nitrogens with two attached hydrogens (primary N) is 1. The molecule has 1 aromatic carbocycles. The third kappa shape index (κ3) is 4.91. The number of nitrogens with one attached hydrogen (secondary N) is 1. The van der Waals surface area contributed by atoms with E-state index in [1.165, 1.54) is 17.2 Å². The number of imidazole rings is 1. The Hall–Kier alpha value is -2.99. The van der Waals surface area contributed by atoms with E-state index < -0.39 is 61.9 Å². The van der Waals surface area contributed by atoms with Crippen LogP contribution in [0.5, 0.6) is 5.75 Å². The second-order valence-electron chi connectivity index (χ2n) is 9.18. The molecule has 0 unspecified atom stereocenters. The van der Waals surface area contributed by atoms with E-state index in [2.05, 4.69) is 20.3 Å². The van der Waals surface area contributed by atoms with E-state index in [-0.39, 0.29) is 18.9 Å². The van der Waals surface area contributed by atoms with Crippen molar-refractivity contribution in [2.45, 2.75) is 61.8 Å². The molecule has 206 valence electrons. The highest BCUT2D eigenvalue weighted by Gasteiger charge is 2.45. The highest BCUT2D eigenvalue weighted by molar-refractivity contribution is 5.81. The van der Waals surface area contributed by atoms with Gasteiger partial charge in [-0.1, -0.05) is 18.2 Å². The van der Waals surface area contributed by atoms with Gasteiger partial charge in [0.15, 0.2) is 17.7 Å². The SMILES string of the molecule is Nc1ncnc2c1ncn2[C@@H]1O[C@H](CNCc2ccccc2O[C@@H]2O[C@H](CO)[C@@H](O)[C@H](O)[C@H]2O)[C@@H](O)[C@H]1O. The third-order valence-electron chi connectivity index (χ3n) is 6.72. The van der Waals surface area contributed by atoms with E-state index in [0.717, 1.165) is 0 Å². The highest BCUT2D eigenvalue weighted by Crippen LogP contribution is 2.32. The van der Waals surface area contributed by atoms with Crippen LogP contribution in [0.15, 0.2) is 36.9 Å². The van der Waals surface area contributed by atoms with Crippen LogP contribution >= 0.6 is 0 Å². The number of nitrogens with zero attached hydrogens (tertiary/aromatic N) is 4. The Morgan fingerprint density at radius 1 is 0.921 bits per heavy atom. The molecule has 3 aromatic rings. The van der Waals surface area contributed by atoms with Gasteiger partial charge in [0.1, 0.15) is 60.3 Å². The Morgan fingerprint density at radius 3 is 2.47 bits per heavy atom. The summed E-state index contributed by atoms with van der Waals surface area (Å²) in [4.78, 5) is 12.2. The molecule has 15 heteroatoms. The zero-order chi connectivity index (χ0) is 27.0. The fraction of sp³-hybridized carbons (Fsp3) is 0.522. The zero-order valence-corrected chi connectivity index (χ0v) is 20.1. The van der Waals surface area contributed by atoms with Gasteiger partial charge in [-0.05, 0) is 6.07 Å². The monoisotopic (exact) mass is 534 g/mol. The van der Waals surface area contributed by atoms with Gasteiger partial charge in [-0.3, -0.25) is 4.57 Å². The number of hydrogen-bond donors (Lipinski definition) is 8. The van der Waals surface area contributed by atoms with Gasteiger partial charge in [0, 0.05) is 18.7 Å². The van der Waals surface area contributed by atoms with Gasteiger partial charge in [0.2, 0.25) is 6.29 Å². The number of aliphatic hydroxyl groups excluding tert-OH is 6. The fourth-order valence-electron chi connectivity index (χ4n) is 4.59. The van der Waals surface area contributed by atoms with Crippen LogP contribution in [0.4, 0.5) is 5.82 Å². The number of ether oxygens (including phenoxy) is 3. The predicted octanol–water partition coefficient (Wildman–Crippen LogP) is -3.00. The minimum atomic E-state index is -1.56. The van der Waals surface area contributed by atoms with E-state index in [1.807, 2.05) is 0 Å². The van der Waals surface area contributed by atoms with Crippen LogP contribution in [-0.2, 0) is 16.0 Å². The Bertz CT molecular complexity index is 1250. The summed E-state index contributed by atoms with van der Waals surface area (Å²) < 4.78 is 18.6. The average molecular weight is 535 g/mol. The maximum atomic E-state index is 10.6. The van der Waals surface area contributed by atoms with Crippen molar-refractivity contribution >= 4 is 17.0 Å². The van der Waals surface area contributed by atoms with Gasteiger partial charge in [-0.2, -0.15) is 0 Å². The van der Waals surface area contributed by atoms with Crippen molar-refractivity contribution in [3.05, 3.63) is 42.5 Å². The molecule has 9 atom stereocenters. The lowest BCUT2D eigenvalue weighted by Gasteiger charge is -2.39. The van der Waals surface area contributed by atoms with Crippen molar-refractivity contribution < 1.29 is 44.8 Å². The van der Waals surface area contributed by atoms with E-state index in [4.69, 9.17) is 19.9 Å². The topological polar surface area (TPSA) is 231 Å². The molecule has 38 heavy (non-hydrogen) atoms. The van der Waals surface area contributed by atoms with Gasteiger partial charge in [-0.15, -0.1) is 0 Å². The number of para-hydroxylation sites is 1. The number of nitrogen functional groups attached to an aromatic ring is 1. The summed E-state index contributed by atoms with van der Waals surface area (Å²) >= 11 is 0. The van der Waals surface area contributed by atoms with E-state index in [1.54, 1.807) is 24.3 Å². The summed E-state index contributed by atoms with van der Waals surface area (Å²) in [6.45, 7) is -0.161. The summed E-state index contributed by atoms with van der Waals surface area (Å²) in [5.41, 5.74) is 7.20. The summed E-state index contributed by atoms with van der Waals surface area (Å²) in [5.74, 6) is 0.516.